The number of ether oxygens (including phenoxy) is 1. The molecule has 21 heavy (non-hydrogen) atoms. The van der Waals surface area contributed by atoms with Crippen molar-refractivity contribution in [2.24, 2.45) is 5.92 Å². The Morgan fingerprint density at radius 2 is 2.14 bits per heavy atom. The highest BCUT2D eigenvalue weighted by atomic mass is 35.7. The maximum atomic E-state index is 12.0. The van der Waals surface area contributed by atoms with Crippen molar-refractivity contribution in [2.75, 3.05) is 19.8 Å². The Balaban J connectivity index is 2.00. The maximum Gasteiger partial charge on any atom is 0.261 e. The van der Waals surface area contributed by atoms with E-state index in [-0.39, 0.29) is 21.4 Å². The minimum absolute atomic E-state index is 0.145. The summed E-state index contributed by atoms with van der Waals surface area (Å²) in [5.41, 5.74) is 0.171. The van der Waals surface area contributed by atoms with Crippen LogP contribution in [-0.2, 0) is 13.8 Å². The molecular formula is C13H15Cl2NO4S. The summed E-state index contributed by atoms with van der Waals surface area (Å²) in [6, 6.07) is 3.82. The normalized spacial score (nSPS) is 18.7. The smallest absolute Gasteiger partial charge is 0.261 e. The third-order valence-electron chi connectivity index (χ3n) is 3.28. The summed E-state index contributed by atoms with van der Waals surface area (Å²) in [6.45, 7) is 1.99. The molecule has 116 valence electrons. The van der Waals surface area contributed by atoms with Crippen LogP contribution in [-0.4, -0.2) is 34.1 Å². The van der Waals surface area contributed by atoms with Gasteiger partial charge in [-0.05, 0) is 37.0 Å². The molecule has 2 rings (SSSR count). The molecule has 8 heteroatoms. The molecular weight excluding hydrogens is 337 g/mol. The minimum Gasteiger partial charge on any atom is -0.381 e. The summed E-state index contributed by atoms with van der Waals surface area (Å²) in [6.07, 6.45) is 1.83. The van der Waals surface area contributed by atoms with E-state index in [1.807, 2.05) is 0 Å². The highest BCUT2D eigenvalue weighted by molar-refractivity contribution is 8.13. The van der Waals surface area contributed by atoms with Crippen LogP contribution in [0.15, 0.2) is 23.1 Å². The average Bonchev–Trinajstić information content (AvgIpc) is 2.90. The van der Waals surface area contributed by atoms with Crippen molar-refractivity contribution in [3.8, 4) is 0 Å². The van der Waals surface area contributed by atoms with E-state index in [0.29, 0.717) is 12.5 Å². The van der Waals surface area contributed by atoms with E-state index >= 15 is 0 Å². The Kier molecular flexibility index (Phi) is 5.48. The molecule has 1 heterocycles. The van der Waals surface area contributed by atoms with Crippen LogP contribution in [0.2, 0.25) is 5.02 Å². The number of hydrogen-bond acceptors (Lipinski definition) is 4. The van der Waals surface area contributed by atoms with Crippen molar-refractivity contribution >= 4 is 37.2 Å². The maximum absolute atomic E-state index is 12.0. The molecule has 1 N–H and O–H groups in total. The Labute approximate surface area is 133 Å². The van der Waals surface area contributed by atoms with E-state index in [1.54, 1.807) is 0 Å². The zero-order valence-electron chi connectivity index (χ0n) is 11.1. The molecule has 1 aromatic rings. The zero-order valence-corrected chi connectivity index (χ0v) is 13.5. The lowest BCUT2D eigenvalue weighted by Crippen LogP contribution is -2.26. The quantitative estimate of drug-likeness (QED) is 0.826. The molecule has 0 aliphatic carbocycles. The second-order valence-electron chi connectivity index (χ2n) is 4.89. The standard InChI is InChI=1S/C13H15Cl2NO4S/c14-11-5-10(6-12(7-11)21(15,18)19)13(17)16-3-1-9-2-4-20-8-9/h5-7,9H,1-4,8H2,(H,16,17). The van der Waals surface area contributed by atoms with Gasteiger partial charge in [0.05, 0.1) is 4.90 Å². The molecule has 1 aromatic carbocycles. The summed E-state index contributed by atoms with van der Waals surface area (Å²) >= 11 is 5.82. The van der Waals surface area contributed by atoms with Gasteiger partial charge in [-0.3, -0.25) is 4.79 Å². The Morgan fingerprint density at radius 1 is 1.38 bits per heavy atom. The molecule has 0 spiro atoms. The van der Waals surface area contributed by atoms with E-state index in [2.05, 4.69) is 5.32 Å². The molecule has 0 aromatic heterocycles. The van der Waals surface area contributed by atoms with Crippen LogP contribution in [0.5, 0.6) is 0 Å². The number of benzene rings is 1. The number of carbonyl (C=O) groups is 1. The van der Waals surface area contributed by atoms with Crippen LogP contribution < -0.4 is 5.32 Å². The van der Waals surface area contributed by atoms with Crippen LogP contribution in [0.25, 0.3) is 0 Å². The second kappa shape index (κ2) is 6.96. The zero-order chi connectivity index (χ0) is 15.5. The fourth-order valence-corrected chi connectivity index (χ4v) is 3.24. The predicted molar refractivity (Wildman–Crippen MR) is 80.4 cm³/mol. The van der Waals surface area contributed by atoms with Crippen molar-refractivity contribution in [3.63, 3.8) is 0 Å². The number of halogens is 2. The topological polar surface area (TPSA) is 72.5 Å². The highest BCUT2D eigenvalue weighted by Crippen LogP contribution is 2.22. The third kappa shape index (κ3) is 4.85. The van der Waals surface area contributed by atoms with Crippen molar-refractivity contribution < 1.29 is 17.9 Å². The van der Waals surface area contributed by atoms with Crippen LogP contribution in [0, 0.1) is 5.92 Å². The van der Waals surface area contributed by atoms with Gasteiger partial charge in [0.1, 0.15) is 0 Å². The summed E-state index contributed by atoms with van der Waals surface area (Å²) in [4.78, 5) is 11.8. The van der Waals surface area contributed by atoms with Crippen molar-refractivity contribution in [3.05, 3.63) is 28.8 Å². The lowest BCUT2D eigenvalue weighted by Gasteiger charge is -2.09. The second-order valence-corrected chi connectivity index (χ2v) is 7.89. The molecule has 1 saturated heterocycles. The van der Waals surface area contributed by atoms with Crippen LogP contribution in [0.4, 0.5) is 0 Å². The van der Waals surface area contributed by atoms with Gasteiger partial charge in [-0.2, -0.15) is 0 Å². The van der Waals surface area contributed by atoms with Gasteiger partial charge >= 0.3 is 0 Å². The lowest BCUT2D eigenvalue weighted by atomic mass is 10.1. The number of nitrogens with one attached hydrogen (secondary N) is 1. The number of amides is 1. The molecule has 5 nitrogen and oxygen atoms in total. The first kappa shape index (κ1) is 16.5. The monoisotopic (exact) mass is 351 g/mol. The molecule has 1 unspecified atom stereocenters. The van der Waals surface area contributed by atoms with Crippen molar-refractivity contribution in [1.29, 1.82) is 0 Å². The number of hydrogen-bond donors (Lipinski definition) is 1. The van der Waals surface area contributed by atoms with Gasteiger partial charge in [0, 0.05) is 41.0 Å². The van der Waals surface area contributed by atoms with Crippen molar-refractivity contribution in [2.45, 2.75) is 17.7 Å². The molecule has 0 saturated carbocycles. The fourth-order valence-electron chi connectivity index (χ4n) is 2.14. The first-order valence-electron chi connectivity index (χ1n) is 6.47. The van der Waals surface area contributed by atoms with Gasteiger partial charge in [-0.1, -0.05) is 11.6 Å². The molecule has 1 aliphatic rings. The summed E-state index contributed by atoms with van der Waals surface area (Å²) in [7, 11) is 1.34. The summed E-state index contributed by atoms with van der Waals surface area (Å²) in [5, 5.41) is 2.89. The van der Waals surface area contributed by atoms with Gasteiger partial charge in [-0.15, -0.1) is 0 Å². The van der Waals surface area contributed by atoms with Gasteiger partial charge in [-0.25, -0.2) is 8.42 Å². The number of rotatable bonds is 5. The predicted octanol–water partition coefficient (Wildman–Crippen LogP) is 2.42. The van der Waals surface area contributed by atoms with Crippen LogP contribution >= 0.6 is 22.3 Å². The molecule has 1 aliphatic heterocycles. The largest absolute Gasteiger partial charge is 0.381 e. The van der Waals surface area contributed by atoms with Gasteiger partial charge < -0.3 is 10.1 Å². The molecule has 1 atom stereocenters. The van der Waals surface area contributed by atoms with Crippen molar-refractivity contribution in [1.82, 2.24) is 5.32 Å². The summed E-state index contributed by atoms with van der Waals surface area (Å²) < 4.78 is 27.9. The summed E-state index contributed by atoms with van der Waals surface area (Å²) in [5.74, 6) is 0.0847. The average molecular weight is 352 g/mol. The van der Waals surface area contributed by atoms with Crippen LogP contribution in [0.1, 0.15) is 23.2 Å². The van der Waals surface area contributed by atoms with Crippen LogP contribution in [0.3, 0.4) is 0 Å². The molecule has 0 radical (unpaired) electrons. The van der Waals surface area contributed by atoms with E-state index < -0.39 is 9.05 Å². The van der Waals surface area contributed by atoms with Gasteiger partial charge in [0.2, 0.25) is 0 Å². The molecule has 1 amide bonds. The molecule has 0 bridgehead atoms. The Hall–Kier alpha value is -0.820. The van der Waals surface area contributed by atoms with E-state index in [0.717, 1.165) is 26.1 Å². The SMILES string of the molecule is O=C(NCCC1CCOC1)c1cc(Cl)cc(S(=O)(=O)Cl)c1. The van der Waals surface area contributed by atoms with Gasteiger partial charge in [0.25, 0.3) is 15.0 Å². The Bertz CT molecular complexity index is 627. The first-order chi connectivity index (χ1) is 9.86. The number of carbonyl (C=O) groups excluding carboxylic acids is 1. The van der Waals surface area contributed by atoms with Gasteiger partial charge in [0.15, 0.2) is 0 Å². The highest BCUT2D eigenvalue weighted by Gasteiger charge is 2.17. The molecule has 1 fully saturated rings. The van der Waals surface area contributed by atoms with E-state index in [4.69, 9.17) is 27.0 Å². The van der Waals surface area contributed by atoms with E-state index in [9.17, 15) is 13.2 Å². The fraction of sp³-hybridized carbons (Fsp3) is 0.462. The Morgan fingerprint density at radius 3 is 2.76 bits per heavy atom. The third-order valence-corrected chi connectivity index (χ3v) is 4.83. The van der Waals surface area contributed by atoms with E-state index in [1.165, 1.54) is 18.2 Å². The lowest BCUT2D eigenvalue weighted by molar-refractivity contribution is 0.0950. The minimum atomic E-state index is -3.92. The first-order valence-corrected chi connectivity index (χ1v) is 9.16.